The number of nitrogens with zero attached hydrogens (tertiary/aromatic N) is 3. The highest BCUT2D eigenvalue weighted by Gasteiger charge is 2.07. The summed E-state index contributed by atoms with van der Waals surface area (Å²) in [5, 5.41) is 16.0. The molecule has 0 saturated carbocycles. The van der Waals surface area contributed by atoms with Crippen LogP contribution in [-0.2, 0) is 6.61 Å². The molecule has 0 spiro atoms. The van der Waals surface area contributed by atoms with E-state index in [0.717, 1.165) is 39.0 Å². The average Bonchev–Trinajstić information content (AvgIpc) is 2.74. The second-order valence-corrected chi connectivity index (χ2v) is 6.77. The standard InChI is InChI=1S/C23H19FN4O2/c1-15-9-19(6-8-22(15)30-13-17-3-2-4-18(24)10-17)28-23-20-11-16(12-27-29)5-7-21(20)25-14-26-23/h2-12,14,29H,13H2,1H3,(H,25,26,28)/b27-12+. The van der Waals surface area contributed by atoms with E-state index < -0.39 is 0 Å². The molecule has 4 aromatic rings. The van der Waals surface area contributed by atoms with Gasteiger partial charge in [0.15, 0.2) is 0 Å². The van der Waals surface area contributed by atoms with Crippen LogP contribution in [0, 0.1) is 12.7 Å². The Kier molecular flexibility index (Phi) is 5.52. The highest BCUT2D eigenvalue weighted by Crippen LogP contribution is 2.27. The molecule has 30 heavy (non-hydrogen) atoms. The lowest BCUT2D eigenvalue weighted by atomic mass is 10.1. The van der Waals surface area contributed by atoms with Gasteiger partial charge < -0.3 is 15.3 Å². The average molecular weight is 402 g/mol. The predicted octanol–water partition coefficient (Wildman–Crippen LogP) is 5.21. The number of anilines is 2. The lowest BCUT2D eigenvalue weighted by Gasteiger charge is -2.13. The van der Waals surface area contributed by atoms with Crippen LogP contribution in [0.1, 0.15) is 16.7 Å². The summed E-state index contributed by atoms with van der Waals surface area (Å²) in [4.78, 5) is 8.61. The van der Waals surface area contributed by atoms with Crippen LogP contribution in [0.15, 0.2) is 72.1 Å². The smallest absolute Gasteiger partial charge is 0.141 e. The zero-order valence-electron chi connectivity index (χ0n) is 16.2. The van der Waals surface area contributed by atoms with Crippen molar-refractivity contribution in [3.63, 3.8) is 0 Å². The molecule has 0 fully saturated rings. The monoisotopic (exact) mass is 402 g/mol. The van der Waals surface area contributed by atoms with Crippen molar-refractivity contribution in [1.82, 2.24) is 9.97 Å². The van der Waals surface area contributed by atoms with Gasteiger partial charge in [0.25, 0.3) is 0 Å². The number of oxime groups is 1. The Bertz CT molecular complexity index is 1230. The number of rotatable bonds is 6. The van der Waals surface area contributed by atoms with Crippen LogP contribution in [0.5, 0.6) is 5.75 Å². The Morgan fingerprint density at radius 2 is 2.00 bits per heavy atom. The van der Waals surface area contributed by atoms with Crippen LogP contribution in [0.3, 0.4) is 0 Å². The minimum atomic E-state index is -0.280. The number of fused-ring (bicyclic) bond motifs is 1. The highest BCUT2D eigenvalue weighted by atomic mass is 19.1. The number of hydrogen-bond donors (Lipinski definition) is 2. The molecule has 4 rings (SSSR count). The van der Waals surface area contributed by atoms with Crippen molar-refractivity contribution in [2.75, 3.05) is 5.32 Å². The van der Waals surface area contributed by atoms with Crippen molar-refractivity contribution in [1.29, 1.82) is 0 Å². The van der Waals surface area contributed by atoms with Gasteiger partial charge in [0.1, 0.15) is 30.3 Å². The molecule has 3 aromatic carbocycles. The molecule has 0 aliphatic heterocycles. The van der Waals surface area contributed by atoms with Gasteiger partial charge in [-0.3, -0.25) is 0 Å². The van der Waals surface area contributed by atoms with Crippen LogP contribution in [-0.4, -0.2) is 21.4 Å². The summed E-state index contributed by atoms with van der Waals surface area (Å²) < 4.78 is 19.2. The van der Waals surface area contributed by atoms with Gasteiger partial charge in [0.2, 0.25) is 0 Å². The minimum absolute atomic E-state index is 0.280. The molecular weight excluding hydrogens is 383 g/mol. The highest BCUT2D eigenvalue weighted by molar-refractivity contribution is 5.95. The van der Waals surface area contributed by atoms with E-state index >= 15 is 0 Å². The van der Waals surface area contributed by atoms with Crippen molar-refractivity contribution < 1.29 is 14.3 Å². The molecule has 0 unspecified atom stereocenters. The lowest BCUT2D eigenvalue weighted by molar-refractivity contribution is 0.303. The molecule has 0 radical (unpaired) electrons. The first-order valence-electron chi connectivity index (χ1n) is 9.29. The van der Waals surface area contributed by atoms with Crippen LogP contribution in [0.4, 0.5) is 15.9 Å². The topological polar surface area (TPSA) is 79.6 Å². The van der Waals surface area contributed by atoms with E-state index in [9.17, 15) is 4.39 Å². The first kappa shape index (κ1) is 19.3. The molecular formula is C23H19FN4O2. The summed E-state index contributed by atoms with van der Waals surface area (Å²) in [6.45, 7) is 2.23. The number of aromatic nitrogens is 2. The Labute approximate surface area is 172 Å². The Hall–Kier alpha value is -4.00. The van der Waals surface area contributed by atoms with Crippen LogP contribution in [0.25, 0.3) is 10.9 Å². The van der Waals surface area contributed by atoms with E-state index in [2.05, 4.69) is 20.4 Å². The summed E-state index contributed by atoms with van der Waals surface area (Å²) >= 11 is 0. The molecule has 0 atom stereocenters. The van der Waals surface area contributed by atoms with Gasteiger partial charge in [-0.05, 0) is 66.1 Å². The summed E-state index contributed by atoms with van der Waals surface area (Å²) in [6, 6.07) is 17.6. The third-order valence-electron chi connectivity index (χ3n) is 4.59. The number of halogens is 1. The van der Waals surface area contributed by atoms with E-state index in [1.165, 1.54) is 24.7 Å². The molecule has 1 aromatic heterocycles. The van der Waals surface area contributed by atoms with Crippen molar-refractivity contribution >= 4 is 28.6 Å². The summed E-state index contributed by atoms with van der Waals surface area (Å²) in [5.74, 6) is 1.08. The third-order valence-corrected chi connectivity index (χ3v) is 4.59. The Balaban J connectivity index is 1.54. The van der Waals surface area contributed by atoms with E-state index in [4.69, 9.17) is 9.94 Å². The van der Waals surface area contributed by atoms with Crippen LogP contribution >= 0.6 is 0 Å². The molecule has 0 bridgehead atoms. The maximum atomic E-state index is 13.3. The van der Waals surface area contributed by atoms with Crippen molar-refractivity contribution in [3.05, 3.63) is 89.5 Å². The lowest BCUT2D eigenvalue weighted by Crippen LogP contribution is -2.00. The first-order valence-corrected chi connectivity index (χ1v) is 9.29. The van der Waals surface area contributed by atoms with Crippen LogP contribution < -0.4 is 10.1 Å². The quantitative estimate of drug-likeness (QED) is 0.263. The fourth-order valence-corrected chi connectivity index (χ4v) is 3.13. The predicted molar refractivity (Wildman–Crippen MR) is 114 cm³/mol. The van der Waals surface area contributed by atoms with E-state index in [0.29, 0.717) is 5.82 Å². The normalized spacial score (nSPS) is 11.1. The third kappa shape index (κ3) is 4.35. The van der Waals surface area contributed by atoms with Crippen LogP contribution in [0.2, 0.25) is 0 Å². The number of aryl methyl sites for hydroxylation is 1. The van der Waals surface area contributed by atoms with Gasteiger partial charge in [-0.2, -0.15) is 0 Å². The largest absolute Gasteiger partial charge is 0.489 e. The second-order valence-electron chi connectivity index (χ2n) is 6.77. The molecule has 6 nitrogen and oxygen atoms in total. The van der Waals surface area contributed by atoms with E-state index in [-0.39, 0.29) is 12.4 Å². The molecule has 150 valence electrons. The van der Waals surface area contributed by atoms with Crippen molar-refractivity contribution in [2.24, 2.45) is 5.16 Å². The van der Waals surface area contributed by atoms with Gasteiger partial charge in [0, 0.05) is 11.1 Å². The van der Waals surface area contributed by atoms with E-state index in [1.54, 1.807) is 6.07 Å². The minimum Gasteiger partial charge on any atom is -0.489 e. The summed E-state index contributed by atoms with van der Waals surface area (Å²) in [6.07, 6.45) is 2.85. The number of ether oxygens (including phenoxy) is 1. The van der Waals surface area contributed by atoms with Gasteiger partial charge in [0.05, 0.1) is 11.7 Å². The summed E-state index contributed by atoms with van der Waals surface area (Å²) in [7, 11) is 0. The van der Waals surface area contributed by atoms with Gasteiger partial charge in [-0.15, -0.1) is 0 Å². The maximum Gasteiger partial charge on any atom is 0.141 e. The molecule has 0 saturated heterocycles. The zero-order chi connectivity index (χ0) is 20.9. The SMILES string of the molecule is Cc1cc(Nc2ncnc3ccc(/C=N/O)cc23)ccc1OCc1cccc(F)c1. The number of nitrogens with one attached hydrogen (secondary N) is 1. The zero-order valence-corrected chi connectivity index (χ0v) is 16.2. The molecule has 0 amide bonds. The van der Waals surface area contributed by atoms with Gasteiger partial charge in [-0.1, -0.05) is 23.4 Å². The maximum absolute atomic E-state index is 13.3. The second kappa shape index (κ2) is 8.57. The fourth-order valence-electron chi connectivity index (χ4n) is 3.13. The number of hydrogen-bond acceptors (Lipinski definition) is 6. The van der Waals surface area contributed by atoms with E-state index in [1.807, 2.05) is 49.4 Å². The Morgan fingerprint density at radius 1 is 1.10 bits per heavy atom. The molecule has 7 heteroatoms. The Morgan fingerprint density at radius 3 is 2.80 bits per heavy atom. The number of benzene rings is 3. The summed E-state index contributed by atoms with van der Waals surface area (Å²) in [5.41, 5.74) is 4.05. The van der Waals surface area contributed by atoms with Crippen molar-refractivity contribution in [2.45, 2.75) is 13.5 Å². The first-order chi connectivity index (χ1) is 14.6. The molecule has 2 N–H and O–H groups in total. The van der Waals surface area contributed by atoms with Gasteiger partial charge >= 0.3 is 0 Å². The van der Waals surface area contributed by atoms with Crippen molar-refractivity contribution in [3.8, 4) is 5.75 Å². The molecule has 0 aliphatic rings. The van der Waals surface area contributed by atoms with Gasteiger partial charge in [-0.25, -0.2) is 14.4 Å². The molecule has 0 aliphatic carbocycles. The fraction of sp³-hybridized carbons (Fsp3) is 0.0870. The molecule has 1 heterocycles.